The second-order valence-corrected chi connectivity index (χ2v) is 10.5. The van der Waals surface area contributed by atoms with Crippen LogP contribution in [-0.2, 0) is 16.5 Å². The van der Waals surface area contributed by atoms with Gasteiger partial charge in [-0.2, -0.15) is 18.3 Å². The molecular formula is C24H28ClF4N5O. The lowest BCUT2D eigenvalue weighted by Gasteiger charge is -2.41. The number of carbonyl (C=O) groups excluding carboxylic acids is 1. The number of anilines is 1. The predicted octanol–water partition coefficient (Wildman–Crippen LogP) is 4.56. The highest BCUT2D eigenvalue weighted by Crippen LogP contribution is 2.42. The highest BCUT2D eigenvalue weighted by atomic mass is 35.5. The zero-order chi connectivity index (χ0) is 24.8. The smallest absolute Gasteiger partial charge is 0.323 e. The van der Waals surface area contributed by atoms with Crippen LogP contribution in [0.15, 0.2) is 30.6 Å². The van der Waals surface area contributed by atoms with E-state index in [9.17, 15) is 22.4 Å². The van der Waals surface area contributed by atoms with Crippen LogP contribution in [0.1, 0.15) is 49.1 Å². The van der Waals surface area contributed by atoms with Crippen LogP contribution in [0.2, 0.25) is 5.02 Å². The molecule has 0 spiro atoms. The van der Waals surface area contributed by atoms with Crippen molar-refractivity contribution in [1.29, 1.82) is 0 Å². The van der Waals surface area contributed by atoms with Gasteiger partial charge in [0.15, 0.2) is 0 Å². The summed E-state index contributed by atoms with van der Waals surface area (Å²) in [7, 11) is 0. The SMILES string of the molecule is O=C(Nc1ccc(C(F)(F)F)cc1Cl)C1(n2cc(C3CCN(CC4(F)CNC4)CC3)cn2)CCC1. The molecule has 1 aliphatic carbocycles. The Hall–Kier alpha value is -2.17. The number of halogens is 5. The van der Waals surface area contributed by atoms with Crippen LogP contribution in [0.5, 0.6) is 0 Å². The Morgan fingerprint density at radius 2 is 1.94 bits per heavy atom. The number of likely N-dealkylation sites (tertiary alicyclic amines) is 1. The van der Waals surface area contributed by atoms with Crippen LogP contribution in [0.4, 0.5) is 23.2 Å². The minimum atomic E-state index is -4.51. The van der Waals surface area contributed by atoms with Crippen molar-refractivity contribution in [3.8, 4) is 0 Å². The number of benzene rings is 1. The number of nitrogens with zero attached hydrogens (tertiary/aromatic N) is 3. The molecule has 2 saturated heterocycles. The number of aromatic nitrogens is 2. The third kappa shape index (κ3) is 4.80. The molecule has 2 aromatic rings. The maximum Gasteiger partial charge on any atom is 0.416 e. The van der Waals surface area contributed by atoms with Gasteiger partial charge in [-0.25, -0.2) is 4.39 Å². The topological polar surface area (TPSA) is 62.2 Å². The van der Waals surface area contributed by atoms with Crippen molar-refractivity contribution in [2.75, 3.05) is 38.0 Å². The molecule has 1 amide bonds. The minimum absolute atomic E-state index is 0.142. The van der Waals surface area contributed by atoms with E-state index in [1.54, 1.807) is 10.9 Å². The Bertz CT molecular complexity index is 1090. The summed E-state index contributed by atoms with van der Waals surface area (Å²) in [6, 6.07) is 2.90. The number of amides is 1. The summed E-state index contributed by atoms with van der Waals surface area (Å²) < 4.78 is 54.9. The predicted molar refractivity (Wildman–Crippen MR) is 124 cm³/mol. The van der Waals surface area contributed by atoms with E-state index in [0.29, 0.717) is 38.4 Å². The molecule has 2 N–H and O–H groups in total. The normalized spacial score (nSPS) is 22.3. The first-order valence-electron chi connectivity index (χ1n) is 11.9. The van der Waals surface area contributed by atoms with Crippen LogP contribution < -0.4 is 10.6 Å². The van der Waals surface area contributed by atoms with Gasteiger partial charge in [-0.05, 0) is 74.9 Å². The molecule has 0 radical (unpaired) electrons. The molecule has 3 fully saturated rings. The van der Waals surface area contributed by atoms with Crippen LogP contribution in [0.25, 0.3) is 0 Å². The first kappa shape index (κ1) is 24.5. The number of nitrogens with one attached hydrogen (secondary N) is 2. The van der Waals surface area contributed by atoms with Crippen LogP contribution >= 0.6 is 11.6 Å². The first-order valence-corrected chi connectivity index (χ1v) is 12.3. The Labute approximate surface area is 206 Å². The van der Waals surface area contributed by atoms with Gasteiger partial charge in [0, 0.05) is 25.8 Å². The molecule has 1 saturated carbocycles. The van der Waals surface area contributed by atoms with Gasteiger partial charge in [0.05, 0.1) is 22.5 Å². The number of rotatable bonds is 6. The molecule has 11 heteroatoms. The molecule has 5 rings (SSSR count). The number of alkyl halides is 4. The molecule has 2 aliphatic heterocycles. The number of carbonyl (C=O) groups is 1. The fourth-order valence-electron chi connectivity index (χ4n) is 5.22. The van der Waals surface area contributed by atoms with Crippen LogP contribution in [-0.4, -0.2) is 59.0 Å². The van der Waals surface area contributed by atoms with Crippen LogP contribution in [0.3, 0.4) is 0 Å². The second-order valence-electron chi connectivity index (χ2n) is 10.1. The molecule has 0 atom stereocenters. The lowest BCUT2D eigenvalue weighted by Crippen LogP contribution is -2.62. The lowest BCUT2D eigenvalue weighted by atomic mass is 9.76. The summed E-state index contributed by atoms with van der Waals surface area (Å²) >= 11 is 6.04. The van der Waals surface area contributed by atoms with E-state index < -0.39 is 22.9 Å². The standard InChI is InChI=1S/C24H28ClF4N5O/c25-19-10-18(24(27,28)29)2-3-20(19)32-21(35)23(6-1-7-23)34-12-17(11-31-34)16-4-8-33(9-5-16)15-22(26)13-30-14-22/h2-3,10-12,16,30H,1,4-9,13-15H2,(H,32,35). The van der Waals surface area contributed by atoms with Gasteiger partial charge in [-0.15, -0.1) is 0 Å². The van der Waals surface area contributed by atoms with Gasteiger partial charge < -0.3 is 15.5 Å². The zero-order valence-electron chi connectivity index (χ0n) is 19.2. The van der Waals surface area contributed by atoms with E-state index in [1.807, 2.05) is 6.20 Å². The highest BCUT2D eigenvalue weighted by molar-refractivity contribution is 6.33. The Kier molecular flexibility index (Phi) is 6.34. The third-order valence-electron chi connectivity index (χ3n) is 7.64. The Morgan fingerprint density at radius 1 is 1.23 bits per heavy atom. The van der Waals surface area contributed by atoms with Crippen molar-refractivity contribution in [2.24, 2.45) is 0 Å². The largest absolute Gasteiger partial charge is 0.416 e. The molecule has 1 aromatic heterocycles. The lowest BCUT2D eigenvalue weighted by molar-refractivity contribution is -0.137. The van der Waals surface area contributed by atoms with Crippen LogP contribution in [0, 0.1) is 0 Å². The Morgan fingerprint density at radius 3 is 2.49 bits per heavy atom. The summed E-state index contributed by atoms with van der Waals surface area (Å²) in [5.74, 6) is -0.0446. The van der Waals surface area contributed by atoms with Gasteiger partial charge >= 0.3 is 6.18 Å². The number of hydrogen-bond acceptors (Lipinski definition) is 4. The fraction of sp³-hybridized carbons (Fsp3) is 0.583. The van der Waals surface area contributed by atoms with E-state index in [2.05, 4.69) is 20.6 Å². The molecule has 35 heavy (non-hydrogen) atoms. The molecule has 3 heterocycles. The average Bonchev–Trinajstić information content (AvgIpc) is 3.23. The summed E-state index contributed by atoms with van der Waals surface area (Å²) in [6.07, 6.45) is 3.02. The summed E-state index contributed by atoms with van der Waals surface area (Å²) in [5, 5.41) is 10.0. The second kappa shape index (κ2) is 9.05. The molecule has 190 valence electrons. The van der Waals surface area contributed by atoms with Crippen molar-refractivity contribution in [3.05, 3.63) is 46.7 Å². The molecule has 0 unspecified atom stereocenters. The van der Waals surface area contributed by atoms with Gasteiger partial charge in [0.2, 0.25) is 0 Å². The Balaban J connectivity index is 1.24. The maximum atomic E-state index is 14.4. The van der Waals surface area contributed by atoms with Crippen molar-refractivity contribution < 1.29 is 22.4 Å². The van der Waals surface area contributed by atoms with E-state index in [0.717, 1.165) is 50.0 Å². The molecule has 0 bridgehead atoms. The number of hydrogen-bond donors (Lipinski definition) is 2. The van der Waals surface area contributed by atoms with Gasteiger partial charge in [0.25, 0.3) is 5.91 Å². The summed E-state index contributed by atoms with van der Waals surface area (Å²) in [4.78, 5) is 15.4. The zero-order valence-corrected chi connectivity index (χ0v) is 19.9. The molecule has 6 nitrogen and oxygen atoms in total. The number of piperidine rings is 1. The van der Waals surface area contributed by atoms with Gasteiger partial charge in [-0.1, -0.05) is 11.6 Å². The van der Waals surface area contributed by atoms with Crippen molar-refractivity contribution in [2.45, 2.75) is 55.4 Å². The van der Waals surface area contributed by atoms with Gasteiger partial charge in [-0.3, -0.25) is 9.48 Å². The van der Waals surface area contributed by atoms with E-state index >= 15 is 0 Å². The summed E-state index contributed by atoms with van der Waals surface area (Å²) in [6.45, 7) is 2.93. The monoisotopic (exact) mass is 513 g/mol. The highest BCUT2D eigenvalue weighted by Gasteiger charge is 2.47. The first-order chi connectivity index (χ1) is 16.6. The van der Waals surface area contributed by atoms with E-state index in [1.165, 1.54) is 6.07 Å². The molecule has 3 aliphatic rings. The summed E-state index contributed by atoms with van der Waals surface area (Å²) in [5.41, 5.74) is -1.67. The van der Waals surface area contributed by atoms with Crippen molar-refractivity contribution in [3.63, 3.8) is 0 Å². The average molecular weight is 514 g/mol. The maximum absolute atomic E-state index is 14.4. The third-order valence-corrected chi connectivity index (χ3v) is 7.95. The molecule has 1 aromatic carbocycles. The van der Waals surface area contributed by atoms with E-state index in [-0.39, 0.29) is 16.6 Å². The fourth-order valence-corrected chi connectivity index (χ4v) is 5.45. The van der Waals surface area contributed by atoms with Crippen molar-refractivity contribution >= 4 is 23.2 Å². The van der Waals surface area contributed by atoms with E-state index in [4.69, 9.17) is 11.6 Å². The van der Waals surface area contributed by atoms with Crippen molar-refractivity contribution in [1.82, 2.24) is 20.0 Å². The quantitative estimate of drug-likeness (QED) is 0.556. The minimum Gasteiger partial charge on any atom is -0.323 e. The van der Waals surface area contributed by atoms with Gasteiger partial charge in [0.1, 0.15) is 11.2 Å². The molecular weight excluding hydrogens is 486 g/mol.